The molecular formula is C19H19FN2O4. The number of rotatable bonds is 5. The highest BCUT2D eigenvalue weighted by molar-refractivity contribution is 5.99. The molecule has 0 amide bonds. The van der Waals surface area contributed by atoms with Crippen LogP contribution in [0.5, 0.6) is 0 Å². The number of allylic oxidation sites excluding steroid dienone is 2. The minimum Gasteiger partial charge on any atom is -0.478 e. The molecular weight excluding hydrogens is 339 g/mol. The van der Waals surface area contributed by atoms with E-state index < -0.39 is 29.6 Å². The largest absolute Gasteiger partial charge is 0.478 e. The fraction of sp³-hybridized carbons (Fsp3) is 0.316. The smallest absolute Gasteiger partial charge is 0.336 e. The summed E-state index contributed by atoms with van der Waals surface area (Å²) in [5, 5.41) is 21.4. The van der Waals surface area contributed by atoms with Gasteiger partial charge in [-0.25, -0.2) is 14.0 Å². The van der Waals surface area contributed by atoms with E-state index in [9.17, 15) is 19.1 Å². The fourth-order valence-electron chi connectivity index (χ4n) is 2.85. The molecule has 0 aliphatic carbocycles. The van der Waals surface area contributed by atoms with E-state index in [0.29, 0.717) is 17.0 Å². The second-order valence-corrected chi connectivity index (χ2v) is 6.12. The number of ether oxygens (including phenoxy) is 1. The van der Waals surface area contributed by atoms with Crippen molar-refractivity contribution in [3.05, 3.63) is 58.2 Å². The predicted octanol–water partition coefficient (Wildman–Crippen LogP) is 2.85. The summed E-state index contributed by atoms with van der Waals surface area (Å²) in [6, 6.07) is 7.27. The summed E-state index contributed by atoms with van der Waals surface area (Å²) in [7, 11) is 0. The van der Waals surface area contributed by atoms with E-state index in [1.807, 2.05) is 6.07 Å². The van der Waals surface area contributed by atoms with Gasteiger partial charge in [-0.05, 0) is 38.5 Å². The number of dihydropyridines is 1. The summed E-state index contributed by atoms with van der Waals surface area (Å²) in [6.45, 7) is 4.75. The topological polar surface area (TPSA) is 99.4 Å². The van der Waals surface area contributed by atoms with Crippen LogP contribution >= 0.6 is 0 Å². The van der Waals surface area contributed by atoms with E-state index in [1.54, 1.807) is 20.8 Å². The average Bonchev–Trinajstić information content (AvgIpc) is 2.59. The number of carboxylic acids is 1. The number of nitriles is 1. The minimum atomic E-state index is -1.19. The molecule has 0 bridgehead atoms. The van der Waals surface area contributed by atoms with E-state index in [0.717, 1.165) is 0 Å². The van der Waals surface area contributed by atoms with Crippen LogP contribution in [0.4, 0.5) is 4.39 Å². The Morgan fingerprint density at radius 3 is 2.38 bits per heavy atom. The molecule has 2 rings (SSSR count). The van der Waals surface area contributed by atoms with Crippen LogP contribution in [-0.2, 0) is 14.3 Å². The van der Waals surface area contributed by atoms with Crippen LogP contribution in [-0.4, -0.2) is 23.7 Å². The Kier molecular flexibility index (Phi) is 5.78. The second kappa shape index (κ2) is 7.83. The lowest BCUT2D eigenvalue weighted by atomic mass is 9.80. The van der Waals surface area contributed by atoms with E-state index in [-0.39, 0.29) is 17.8 Å². The molecule has 2 N–H and O–H groups in total. The number of hydrogen-bond donors (Lipinski definition) is 2. The summed E-state index contributed by atoms with van der Waals surface area (Å²) in [6.07, 6.45) is 0. The first kappa shape index (κ1) is 19.2. The zero-order valence-corrected chi connectivity index (χ0v) is 14.7. The Labute approximate surface area is 150 Å². The number of halogens is 1. The van der Waals surface area contributed by atoms with E-state index in [4.69, 9.17) is 10.00 Å². The zero-order valence-electron chi connectivity index (χ0n) is 14.7. The summed E-state index contributed by atoms with van der Waals surface area (Å²) < 4.78 is 18.5. The van der Waals surface area contributed by atoms with Crippen LogP contribution in [0.1, 0.15) is 32.3 Å². The Hall–Kier alpha value is -3.14. The number of carboxylic acid groups (broad SMARTS) is 1. The lowest BCUT2D eigenvalue weighted by Crippen LogP contribution is -2.32. The quantitative estimate of drug-likeness (QED) is 0.785. The summed E-state index contributed by atoms with van der Waals surface area (Å²) in [4.78, 5) is 24.4. The number of carbonyl (C=O) groups excluding carboxylic acids is 1. The number of hydrogen-bond acceptors (Lipinski definition) is 5. The first-order valence-electron chi connectivity index (χ1n) is 8.00. The Morgan fingerprint density at radius 2 is 1.85 bits per heavy atom. The van der Waals surface area contributed by atoms with Gasteiger partial charge in [0, 0.05) is 11.4 Å². The molecule has 1 aromatic rings. The van der Waals surface area contributed by atoms with Gasteiger partial charge >= 0.3 is 11.9 Å². The maximum atomic E-state index is 13.3. The Morgan fingerprint density at radius 1 is 1.27 bits per heavy atom. The maximum Gasteiger partial charge on any atom is 0.336 e. The van der Waals surface area contributed by atoms with Crippen LogP contribution in [0.25, 0.3) is 0 Å². The lowest BCUT2D eigenvalue weighted by Gasteiger charge is -2.29. The molecule has 26 heavy (non-hydrogen) atoms. The molecule has 0 aromatic heterocycles. The lowest BCUT2D eigenvalue weighted by molar-refractivity contribution is -0.140. The molecule has 1 aromatic carbocycles. The highest BCUT2D eigenvalue weighted by Crippen LogP contribution is 2.38. The van der Waals surface area contributed by atoms with Gasteiger partial charge in [-0.2, -0.15) is 5.26 Å². The molecule has 0 spiro atoms. The van der Waals surface area contributed by atoms with Gasteiger partial charge in [0.05, 0.1) is 29.1 Å². The van der Waals surface area contributed by atoms with Gasteiger partial charge in [-0.1, -0.05) is 12.1 Å². The van der Waals surface area contributed by atoms with Gasteiger partial charge in [-0.15, -0.1) is 0 Å². The highest BCUT2D eigenvalue weighted by atomic mass is 19.1. The minimum absolute atomic E-state index is 0.0116. The molecule has 6 nitrogen and oxygen atoms in total. The SMILES string of the molecule is CC1=C(C(=O)O)C(c2ccc(F)cc2)C(C(=O)OCC(C)C#N)=C(C)N1. The van der Waals surface area contributed by atoms with Crippen LogP contribution in [0.3, 0.4) is 0 Å². The van der Waals surface area contributed by atoms with Crippen molar-refractivity contribution in [1.29, 1.82) is 5.26 Å². The van der Waals surface area contributed by atoms with E-state index >= 15 is 0 Å². The van der Waals surface area contributed by atoms with Gasteiger partial charge in [0.25, 0.3) is 0 Å². The average molecular weight is 358 g/mol. The predicted molar refractivity (Wildman–Crippen MR) is 91.0 cm³/mol. The number of esters is 1. The molecule has 0 radical (unpaired) electrons. The van der Waals surface area contributed by atoms with Crippen molar-refractivity contribution in [2.75, 3.05) is 6.61 Å². The number of nitrogens with zero attached hydrogens (tertiary/aromatic N) is 1. The van der Waals surface area contributed by atoms with E-state index in [2.05, 4.69) is 5.32 Å². The van der Waals surface area contributed by atoms with Gasteiger partial charge < -0.3 is 15.2 Å². The standard InChI is InChI=1S/C19H19FN2O4/c1-10(8-21)9-26-19(25)16-12(3)22-11(2)15(18(23)24)17(16)13-4-6-14(20)7-5-13/h4-7,10,17,22H,9H2,1-3H3,(H,23,24). The van der Waals surface area contributed by atoms with Crippen molar-refractivity contribution >= 4 is 11.9 Å². The van der Waals surface area contributed by atoms with Crippen LogP contribution in [0, 0.1) is 23.1 Å². The third-order valence-electron chi connectivity index (χ3n) is 4.10. The van der Waals surface area contributed by atoms with Gasteiger partial charge in [0.2, 0.25) is 0 Å². The van der Waals surface area contributed by atoms with Crippen LogP contribution in [0.2, 0.25) is 0 Å². The normalized spacial score (nSPS) is 18.0. The molecule has 2 atom stereocenters. The van der Waals surface area contributed by atoms with Crippen LogP contribution in [0.15, 0.2) is 46.8 Å². The summed E-state index contributed by atoms with van der Waals surface area (Å²) in [5.41, 5.74) is 1.43. The second-order valence-electron chi connectivity index (χ2n) is 6.12. The van der Waals surface area contributed by atoms with Crippen LogP contribution < -0.4 is 5.32 Å². The van der Waals surface area contributed by atoms with Crippen molar-refractivity contribution in [2.45, 2.75) is 26.7 Å². The molecule has 136 valence electrons. The molecule has 0 saturated heterocycles. The Balaban J connectivity index is 2.50. The van der Waals surface area contributed by atoms with Crippen molar-refractivity contribution in [3.8, 4) is 6.07 Å². The first-order valence-corrected chi connectivity index (χ1v) is 8.00. The van der Waals surface area contributed by atoms with E-state index in [1.165, 1.54) is 24.3 Å². The zero-order chi connectivity index (χ0) is 19.4. The fourth-order valence-corrected chi connectivity index (χ4v) is 2.85. The molecule has 7 heteroatoms. The number of nitrogens with one attached hydrogen (secondary N) is 1. The highest BCUT2D eigenvalue weighted by Gasteiger charge is 2.37. The van der Waals surface area contributed by atoms with Crippen molar-refractivity contribution in [1.82, 2.24) is 5.32 Å². The Bertz CT molecular complexity index is 834. The summed E-state index contributed by atoms with van der Waals surface area (Å²) in [5.74, 6) is -3.76. The third-order valence-corrected chi connectivity index (χ3v) is 4.10. The maximum absolute atomic E-state index is 13.3. The molecule has 2 unspecified atom stereocenters. The molecule has 0 fully saturated rings. The van der Waals surface area contributed by atoms with Gasteiger partial charge in [0.15, 0.2) is 0 Å². The molecule has 1 aliphatic heterocycles. The first-order chi connectivity index (χ1) is 12.3. The summed E-state index contributed by atoms with van der Waals surface area (Å²) >= 11 is 0. The molecule has 1 heterocycles. The van der Waals surface area contributed by atoms with Crippen molar-refractivity contribution in [3.63, 3.8) is 0 Å². The molecule has 0 saturated carbocycles. The third kappa shape index (κ3) is 3.91. The number of carbonyl (C=O) groups is 2. The molecule has 1 aliphatic rings. The van der Waals surface area contributed by atoms with Crippen molar-refractivity contribution < 1.29 is 23.8 Å². The van der Waals surface area contributed by atoms with Crippen molar-refractivity contribution in [2.24, 2.45) is 5.92 Å². The monoisotopic (exact) mass is 358 g/mol. The number of aliphatic carboxylic acids is 1. The van der Waals surface area contributed by atoms with Gasteiger partial charge in [-0.3, -0.25) is 0 Å². The number of benzene rings is 1. The van der Waals surface area contributed by atoms with Gasteiger partial charge in [0.1, 0.15) is 12.4 Å².